The van der Waals surface area contributed by atoms with Crippen molar-refractivity contribution in [3.63, 3.8) is 0 Å². The minimum absolute atomic E-state index is 0.383. The molecule has 0 aromatic carbocycles. The van der Waals surface area contributed by atoms with Crippen molar-refractivity contribution in [2.24, 2.45) is 11.7 Å². The SMILES string of the molecule is CC(C)CC(O)c1ccc(CN)o1. The second-order valence-corrected chi connectivity index (χ2v) is 3.65. The number of hydrogen-bond donors (Lipinski definition) is 2. The normalized spacial score (nSPS) is 13.6. The summed E-state index contributed by atoms with van der Waals surface area (Å²) in [4.78, 5) is 0. The van der Waals surface area contributed by atoms with Crippen LogP contribution in [0.15, 0.2) is 16.5 Å². The molecule has 3 N–H and O–H groups in total. The van der Waals surface area contributed by atoms with Crippen molar-refractivity contribution in [3.8, 4) is 0 Å². The van der Waals surface area contributed by atoms with Crippen molar-refractivity contribution in [1.82, 2.24) is 0 Å². The van der Waals surface area contributed by atoms with E-state index in [1.807, 2.05) is 0 Å². The molecule has 0 aliphatic carbocycles. The maximum atomic E-state index is 9.67. The summed E-state index contributed by atoms with van der Waals surface area (Å²) in [5.74, 6) is 1.80. The van der Waals surface area contributed by atoms with Gasteiger partial charge >= 0.3 is 0 Å². The zero-order chi connectivity index (χ0) is 9.84. The van der Waals surface area contributed by atoms with Gasteiger partial charge in [0.1, 0.15) is 17.6 Å². The van der Waals surface area contributed by atoms with Crippen molar-refractivity contribution in [2.75, 3.05) is 0 Å². The topological polar surface area (TPSA) is 59.4 Å². The third-order valence-electron chi connectivity index (χ3n) is 1.91. The summed E-state index contributed by atoms with van der Waals surface area (Å²) in [6, 6.07) is 3.59. The van der Waals surface area contributed by atoms with Crippen LogP contribution >= 0.6 is 0 Å². The fourth-order valence-electron chi connectivity index (χ4n) is 1.25. The van der Waals surface area contributed by atoms with Crippen molar-refractivity contribution in [1.29, 1.82) is 0 Å². The standard InChI is InChI=1S/C10H17NO2/c1-7(2)5-9(12)10-4-3-8(6-11)13-10/h3-4,7,9,12H,5-6,11H2,1-2H3. The Morgan fingerprint density at radius 1 is 1.46 bits per heavy atom. The lowest BCUT2D eigenvalue weighted by molar-refractivity contribution is 0.124. The van der Waals surface area contributed by atoms with Crippen molar-refractivity contribution in [3.05, 3.63) is 23.7 Å². The fourth-order valence-corrected chi connectivity index (χ4v) is 1.25. The molecule has 0 amide bonds. The third-order valence-corrected chi connectivity index (χ3v) is 1.91. The molecular formula is C10H17NO2. The van der Waals surface area contributed by atoms with Gasteiger partial charge in [-0.2, -0.15) is 0 Å². The van der Waals surface area contributed by atoms with Crippen LogP contribution in [0.5, 0.6) is 0 Å². The van der Waals surface area contributed by atoms with Crippen LogP contribution in [0.4, 0.5) is 0 Å². The lowest BCUT2D eigenvalue weighted by Crippen LogP contribution is -2.00. The predicted octanol–water partition coefficient (Wildman–Crippen LogP) is 1.82. The number of nitrogens with two attached hydrogens (primary N) is 1. The third kappa shape index (κ3) is 2.86. The molecule has 3 heteroatoms. The molecule has 74 valence electrons. The van der Waals surface area contributed by atoms with Gasteiger partial charge in [-0.3, -0.25) is 0 Å². The van der Waals surface area contributed by atoms with Crippen LogP contribution in [0.1, 0.15) is 37.9 Å². The Bertz CT molecular complexity index is 255. The van der Waals surface area contributed by atoms with Crippen LogP contribution < -0.4 is 5.73 Å². The number of hydrogen-bond acceptors (Lipinski definition) is 3. The molecule has 0 aliphatic rings. The van der Waals surface area contributed by atoms with Crippen molar-refractivity contribution >= 4 is 0 Å². The molecule has 0 radical (unpaired) electrons. The highest BCUT2D eigenvalue weighted by Crippen LogP contribution is 2.22. The Labute approximate surface area is 78.5 Å². The van der Waals surface area contributed by atoms with Gasteiger partial charge in [0.05, 0.1) is 6.54 Å². The van der Waals surface area contributed by atoms with E-state index in [0.29, 0.717) is 18.2 Å². The van der Waals surface area contributed by atoms with Gasteiger partial charge in [-0.25, -0.2) is 0 Å². The summed E-state index contributed by atoms with van der Waals surface area (Å²) in [7, 11) is 0. The number of aliphatic hydroxyl groups excluding tert-OH is 1. The van der Waals surface area contributed by atoms with E-state index in [1.165, 1.54) is 0 Å². The largest absolute Gasteiger partial charge is 0.462 e. The Kier molecular flexibility index (Phi) is 3.51. The lowest BCUT2D eigenvalue weighted by atomic mass is 10.0. The summed E-state index contributed by atoms with van der Waals surface area (Å²) < 4.78 is 5.32. The summed E-state index contributed by atoms with van der Waals surface area (Å²) in [6.45, 7) is 4.51. The van der Waals surface area contributed by atoms with E-state index in [9.17, 15) is 5.11 Å². The van der Waals surface area contributed by atoms with E-state index in [4.69, 9.17) is 10.2 Å². The van der Waals surface area contributed by atoms with E-state index < -0.39 is 6.10 Å². The van der Waals surface area contributed by atoms with E-state index >= 15 is 0 Å². The number of furan rings is 1. The van der Waals surface area contributed by atoms with Crippen LogP contribution in [0.2, 0.25) is 0 Å². The molecular weight excluding hydrogens is 166 g/mol. The predicted molar refractivity (Wildman–Crippen MR) is 51.0 cm³/mol. The zero-order valence-electron chi connectivity index (χ0n) is 8.16. The average molecular weight is 183 g/mol. The van der Waals surface area contributed by atoms with Gasteiger partial charge in [-0.05, 0) is 24.5 Å². The van der Waals surface area contributed by atoms with Crippen molar-refractivity contribution < 1.29 is 9.52 Å². The van der Waals surface area contributed by atoms with Gasteiger partial charge in [0, 0.05) is 0 Å². The Balaban J connectivity index is 2.60. The number of aliphatic hydroxyl groups is 1. The molecule has 13 heavy (non-hydrogen) atoms. The zero-order valence-corrected chi connectivity index (χ0v) is 8.16. The second-order valence-electron chi connectivity index (χ2n) is 3.65. The van der Waals surface area contributed by atoms with E-state index in [-0.39, 0.29) is 0 Å². The van der Waals surface area contributed by atoms with E-state index in [0.717, 1.165) is 12.2 Å². The second kappa shape index (κ2) is 4.44. The molecule has 1 unspecified atom stereocenters. The summed E-state index contributed by atoms with van der Waals surface area (Å²) in [5.41, 5.74) is 5.39. The van der Waals surface area contributed by atoms with Crippen molar-refractivity contribution in [2.45, 2.75) is 32.9 Å². The van der Waals surface area contributed by atoms with Gasteiger partial charge < -0.3 is 15.3 Å². The van der Waals surface area contributed by atoms with E-state index in [1.54, 1.807) is 12.1 Å². The molecule has 1 atom stereocenters. The molecule has 0 saturated heterocycles. The molecule has 0 bridgehead atoms. The molecule has 0 spiro atoms. The molecule has 1 aromatic rings. The highest BCUT2D eigenvalue weighted by atomic mass is 16.4. The van der Waals surface area contributed by atoms with Crippen LogP contribution in [0, 0.1) is 5.92 Å². The summed E-state index contributed by atoms with van der Waals surface area (Å²) in [6.07, 6.45) is 0.220. The van der Waals surface area contributed by atoms with Gasteiger partial charge in [0.15, 0.2) is 0 Å². The molecule has 3 nitrogen and oxygen atoms in total. The first-order valence-electron chi connectivity index (χ1n) is 4.60. The minimum Gasteiger partial charge on any atom is -0.462 e. The van der Waals surface area contributed by atoms with Crippen LogP contribution in [0.3, 0.4) is 0 Å². The quantitative estimate of drug-likeness (QED) is 0.748. The lowest BCUT2D eigenvalue weighted by Gasteiger charge is -2.09. The Morgan fingerprint density at radius 2 is 2.15 bits per heavy atom. The maximum Gasteiger partial charge on any atom is 0.132 e. The fraction of sp³-hybridized carbons (Fsp3) is 0.600. The smallest absolute Gasteiger partial charge is 0.132 e. The first-order valence-corrected chi connectivity index (χ1v) is 4.60. The van der Waals surface area contributed by atoms with Crippen LogP contribution in [-0.2, 0) is 6.54 Å². The monoisotopic (exact) mass is 183 g/mol. The Morgan fingerprint density at radius 3 is 2.62 bits per heavy atom. The van der Waals surface area contributed by atoms with Crippen LogP contribution in [-0.4, -0.2) is 5.11 Å². The highest BCUT2D eigenvalue weighted by Gasteiger charge is 2.13. The minimum atomic E-state index is -0.500. The first kappa shape index (κ1) is 10.3. The van der Waals surface area contributed by atoms with Crippen LogP contribution in [0.25, 0.3) is 0 Å². The molecule has 0 saturated carbocycles. The van der Waals surface area contributed by atoms with Gasteiger partial charge in [0.25, 0.3) is 0 Å². The summed E-state index contributed by atoms with van der Waals surface area (Å²) >= 11 is 0. The molecule has 1 aromatic heterocycles. The number of rotatable bonds is 4. The van der Waals surface area contributed by atoms with Gasteiger partial charge in [-0.15, -0.1) is 0 Å². The van der Waals surface area contributed by atoms with Gasteiger partial charge in [0.2, 0.25) is 0 Å². The maximum absolute atomic E-state index is 9.67. The first-order chi connectivity index (χ1) is 6.13. The average Bonchev–Trinajstić information content (AvgIpc) is 2.50. The highest BCUT2D eigenvalue weighted by molar-refractivity contribution is 5.09. The molecule has 1 rings (SSSR count). The molecule has 0 aliphatic heterocycles. The summed E-state index contributed by atoms with van der Waals surface area (Å²) in [5, 5.41) is 9.67. The molecule has 1 heterocycles. The Hall–Kier alpha value is -0.800. The van der Waals surface area contributed by atoms with Gasteiger partial charge in [-0.1, -0.05) is 13.8 Å². The molecule has 0 fully saturated rings. The van der Waals surface area contributed by atoms with E-state index in [2.05, 4.69) is 13.8 Å².